The molecule has 1 saturated carbocycles. The molecule has 0 bridgehead atoms. The third kappa shape index (κ3) is 5.17. The normalized spacial score (nSPS) is 18.2. The standard InChI is InChI=1S/C23H33N3O3/c1-4-25(5-2)23(29)20(24-21(27)19-8-6-7-16(3)15-19)17-11-13-26(14-12-17)22(28)18-9-10-18/h6-8,15,17-18,20H,4-5,9-14H2,1-3H3,(H,24,27). The Hall–Kier alpha value is -2.37. The van der Waals surface area contributed by atoms with Gasteiger partial charge < -0.3 is 15.1 Å². The second-order valence-corrected chi connectivity index (χ2v) is 8.27. The van der Waals surface area contributed by atoms with E-state index < -0.39 is 6.04 Å². The number of nitrogens with zero attached hydrogens (tertiary/aromatic N) is 2. The number of amides is 3. The van der Waals surface area contributed by atoms with Gasteiger partial charge in [-0.1, -0.05) is 17.7 Å². The van der Waals surface area contributed by atoms with Gasteiger partial charge in [-0.3, -0.25) is 14.4 Å². The van der Waals surface area contributed by atoms with Crippen molar-refractivity contribution in [2.75, 3.05) is 26.2 Å². The van der Waals surface area contributed by atoms with E-state index in [1.54, 1.807) is 11.0 Å². The van der Waals surface area contributed by atoms with Gasteiger partial charge in [-0.15, -0.1) is 0 Å². The number of rotatable bonds is 7. The van der Waals surface area contributed by atoms with Gasteiger partial charge in [0, 0.05) is 37.7 Å². The fraction of sp³-hybridized carbons (Fsp3) is 0.609. The van der Waals surface area contributed by atoms with Crippen LogP contribution < -0.4 is 5.32 Å². The predicted octanol–water partition coefficient (Wildman–Crippen LogP) is 2.61. The number of likely N-dealkylation sites (N-methyl/N-ethyl adjacent to an activating group) is 1. The van der Waals surface area contributed by atoms with Crippen LogP contribution in [0.5, 0.6) is 0 Å². The maximum absolute atomic E-state index is 13.2. The molecular formula is C23H33N3O3. The molecule has 3 rings (SSSR count). The van der Waals surface area contributed by atoms with Crippen molar-refractivity contribution in [2.24, 2.45) is 11.8 Å². The molecule has 1 aliphatic heterocycles. The van der Waals surface area contributed by atoms with E-state index in [1.165, 1.54) is 0 Å². The largest absolute Gasteiger partial charge is 0.342 e. The van der Waals surface area contributed by atoms with Crippen LogP contribution in [0.15, 0.2) is 24.3 Å². The van der Waals surface area contributed by atoms with E-state index in [2.05, 4.69) is 5.32 Å². The zero-order chi connectivity index (χ0) is 21.0. The van der Waals surface area contributed by atoms with Crippen LogP contribution in [0.4, 0.5) is 0 Å². The van der Waals surface area contributed by atoms with Crippen molar-refractivity contribution < 1.29 is 14.4 Å². The second-order valence-electron chi connectivity index (χ2n) is 8.27. The fourth-order valence-electron chi connectivity index (χ4n) is 4.17. The summed E-state index contributed by atoms with van der Waals surface area (Å²) >= 11 is 0. The number of hydrogen-bond acceptors (Lipinski definition) is 3. The third-order valence-electron chi connectivity index (χ3n) is 6.16. The highest BCUT2D eigenvalue weighted by Gasteiger charge is 2.38. The summed E-state index contributed by atoms with van der Waals surface area (Å²) in [5.74, 6) is 0.290. The summed E-state index contributed by atoms with van der Waals surface area (Å²) in [4.78, 5) is 42.1. The first-order valence-electron chi connectivity index (χ1n) is 10.9. The Bertz CT molecular complexity index is 747. The topological polar surface area (TPSA) is 69.7 Å². The minimum atomic E-state index is -0.555. The van der Waals surface area contributed by atoms with Gasteiger partial charge in [0.15, 0.2) is 0 Å². The molecule has 158 valence electrons. The molecule has 0 aromatic heterocycles. The van der Waals surface area contributed by atoms with Crippen molar-refractivity contribution in [1.29, 1.82) is 0 Å². The van der Waals surface area contributed by atoms with Gasteiger partial charge in [0.25, 0.3) is 5.91 Å². The molecule has 2 fully saturated rings. The molecule has 2 aliphatic rings. The zero-order valence-electron chi connectivity index (χ0n) is 17.8. The first-order valence-corrected chi connectivity index (χ1v) is 10.9. The first kappa shape index (κ1) is 21.3. The van der Waals surface area contributed by atoms with Gasteiger partial charge >= 0.3 is 0 Å². The van der Waals surface area contributed by atoms with Gasteiger partial charge in [0.1, 0.15) is 6.04 Å². The van der Waals surface area contributed by atoms with Gasteiger partial charge in [-0.25, -0.2) is 0 Å². The van der Waals surface area contributed by atoms with Crippen molar-refractivity contribution >= 4 is 17.7 Å². The van der Waals surface area contributed by atoms with Crippen LogP contribution >= 0.6 is 0 Å². The van der Waals surface area contributed by atoms with Crippen LogP contribution in [0.1, 0.15) is 55.5 Å². The summed E-state index contributed by atoms with van der Waals surface area (Å²) < 4.78 is 0. The molecule has 1 aliphatic carbocycles. The number of aryl methyl sites for hydroxylation is 1. The molecule has 1 aromatic carbocycles. The van der Waals surface area contributed by atoms with E-state index in [0.717, 1.165) is 31.2 Å². The minimum absolute atomic E-state index is 0.0250. The maximum Gasteiger partial charge on any atom is 0.251 e. The first-order chi connectivity index (χ1) is 13.9. The van der Waals surface area contributed by atoms with Crippen LogP contribution in [-0.2, 0) is 9.59 Å². The van der Waals surface area contributed by atoms with Gasteiger partial charge in [0.2, 0.25) is 11.8 Å². The number of hydrogen-bond donors (Lipinski definition) is 1. The van der Waals surface area contributed by atoms with E-state index >= 15 is 0 Å². The van der Waals surface area contributed by atoms with Crippen molar-refractivity contribution in [3.05, 3.63) is 35.4 Å². The maximum atomic E-state index is 13.2. The average Bonchev–Trinajstić information content (AvgIpc) is 3.57. The van der Waals surface area contributed by atoms with E-state index in [9.17, 15) is 14.4 Å². The molecule has 1 atom stereocenters. The summed E-state index contributed by atoms with van der Waals surface area (Å²) in [6, 6.07) is 6.86. The lowest BCUT2D eigenvalue weighted by Gasteiger charge is -2.37. The lowest BCUT2D eigenvalue weighted by Crippen LogP contribution is -2.54. The van der Waals surface area contributed by atoms with Crippen LogP contribution in [0.25, 0.3) is 0 Å². The average molecular weight is 400 g/mol. The molecule has 1 unspecified atom stereocenters. The van der Waals surface area contributed by atoms with Crippen LogP contribution in [0, 0.1) is 18.8 Å². The molecule has 1 aromatic rings. The third-order valence-corrected chi connectivity index (χ3v) is 6.16. The monoisotopic (exact) mass is 399 g/mol. The Balaban J connectivity index is 1.71. The fourth-order valence-corrected chi connectivity index (χ4v) is 4.17. The number of nitrogens with one attached hydrogen (secondary N) is 1. The molecule has 1 saturated heterocycles. The summed E-state index contributed by atoms with van der Waals surface area (Å²) in [5, 5.41) is 3.02. The molecule has 29 heavy (non-hydrogen) atoms. The molecule has 0 spiro atoms. The Morgan fingerprint density at radius 2 is 1.76 bits per heavy atom. The van der Waals surface area contributed by atoms with Gasteiger partial charge in [-0.05, 0) is 64.5 Å². The lowest BCUT2D eigenvalue weighted by atomic mass is 9.88. The second kappa shape index (κ2) is 9.42. The number of piperidine rings is 1. The highest BCUT2D eigenvalue weighted by Crippen LogP contribution is 2.33. The van der Waals surface area contributed by atoms with E-state index in [0.29, 0.717) is 31.7 Å². The Kier molecular flexibility index (Phi) is 6.93. The summed E-state index contributed by atoms with van der Waals surface area (Å²) in [5.41, 5.74) is 1.58. The van der Waals surface area contributed by atoms with E-state index in [1.807, 2.05) is 43.9 Å². The number of benzene rings is 1. The molecule has 0 radical (unpaired) electrons. The quantitative estimate of drug-likeness (QED) is 0.766. The summed E-state index contributed by atoms with van der Waals surface area (Å²) in [6.07, 6.45) is 3.50. The Labute approximate surface area is 173 Å². The molecular weight excluding hydrogens is 366 g/mol. The van der Waals surface area contributed by atoms with Gasteiger partial charge in [-0.2, -0.15) is 0 Å². The van der Waals surface area contributed by atoms with Crippen LogP contribution in [-0.4, -0.2) is 59.7 Å². The smallest absolute Gasteiger partial charge is 0.251 e. The number of likely N-dealkylation sites (tertiary alicyclic amines) is 1. The van der Waals surface area contributed by atoms with Crippen molar-refractivity contribution in [3.8, 4) is 0 Å². The Morgan fingerprint density at radius 3 is 2.31 bits per heavy atom. The highest BCUT2D eigenvalue weighted by atomic mass is 16.2. The zero-order valence-corrected chi connectivity index (χ0v) is 17.8. The minimum Gasteiger partial charge on any atom is -0.342 e. The SMILES string of the molecule is CCN(CC)C(=O)C(NC(=O)c1cccc(C)c1)C1CCN(C(=O)C2CC2)CC1. The van der Waals surface area contributed by atoms with Crippen LogP contribution in [0.2, 0.25) is 0 Å². The number of carbonyl (C=O) groups excluding carboxylic acids is 3. The molecule has 1 heterocycles. The molecule has 6 heteroatoms. The predicted molar refractivity (Wildman–Crippen MR) is 112 cm³/mol. The van der Waals surface area contributed by atoms with Crippen molar-refractivity contribution in [3.63, 3.8) is 0 Å². The molecule has 6 nitrogen and oxygen atoms in total. The van der Waals surface area contributed by atoms with Crippen LogP contribution in [0.3, 0.4) is 0 Å². The summed E-state index contributed by atoms with van der Waals surface area (Å²) in [6.45, 7) is 8.43. The van der Waals surface area contributed by atoms with Gasteiger partial charge in [0.05, 0.1) is 0 Å². The molecule has 3 amide bonds. The lowest BCUT2D eigenvalue weighted by molar-refractivity contribution is -0.136. The number of carbonyl (C=O) groups is 3. The summed E-state index contributed by atoms with van der Waals surface area (Å²) in [7, 11) is 0. The van der Waals surface area contributed by atoms with Crippen molar-refractivity contribution in [2.45, 2.75) is 52.5 Å². The molecule has 1 N–H and O–H groups in total. The van der Waals surface area contributed by atoms with Crippen molar-refractivity contribution in [1.82, 2.24) is 15.1 Å². The van der Waals surface area contributed by atoms with E-state index in [-0.39, 0.29) is 29.6 Å². The highest BCUT2D eigenvalue weighted by molar-refractivity contribution is 5.97. The Morgan fingerprint density at radius 1 is 1.10 bits per heavy atom. The van der Waals surface area contributed by atoms with E-state index in [4.69, 9.17) is 0 Å².